The molecule has 0 amide bonds. The van der Waals surface area contributed by atoms with Crippen LogP contribution in [0, 0.1) is 12.3 Å². The molecule has 4 heteroatoms. The highest BCUT2D eigenvalue weighted by Gasteiger charge is 2.28. The Morgan fingerprint density at radius 3 is 2.19 bits per heavy atom. The Morgan fingerprint density at radius 2 is 1.52 bits per heavy atom. The van der Waals surface area contributed by atoms with Gasteiger partial charge < -0.3 is 4.42 Å². The monoisotopic (exact) mass is 405 g/mol. The Bertz CT molecular complexity index is 1800. The van der Waals surface area contributed by atoms with Crippen molar-refractivity contribution in [1.82, 2.24) is 13.8 Å². The number of benzene rings is 2. The topological polar surface area (TPSA) is 34.9 Å². The van der Waals surface area contributed by atoms with Crippen LogP contribution in [-0.2, 0) is 6.42 Å². The molecule has 4 nitrogen and oxygen atoms in total. The summed E-state index contributed by atoms with van der Waals surface area (Å²) in [5.74, 6) is 1.04. The first-order chi connectivity index (χ1) is 14.9. The Morgan fingerprint density at radius 1 is 0.871 bits per heavy atom. The van der Waals surface area contributed by atoms with Crippen LogP contribution in [0.1, 0.15) is 32.1 Å². The number of aromatic nitrogens is 3. The Balaban J connectivity index is 1.90. The van der Waals surface area contributed by atoms with Gasteiger partial charge in [0.05, 0.1) is 16.4 Å². The zero-order chi connectivity index (χ0) is 21.1. The fraction of sp³-hybridized carbons (Fsp3) is 0.222. The fourth-order valence-electron chi connectivity index (χ4n) is 5.38. The molecule has 7 rings (SSSR count). The number of rotatable bonds is 1. The van der Waals surface area contributed by atoms with Gasteiger partial charge in [-0.3, -0.25) is 8.80 Å². The molecule has 2 aromatic carbocycles. The molecule has 0 atom stereocenters. The van der Waals surface area contributed by atoms with Crippen molar-refractivity contribution in [1.29, 1.82) is 0 Å². The van der Waals surface area contributed by atoms with E-state index < -0.39 is 0 Å². The van der Waals surface area contributed by atoms with E-state index in [0.717, 1.165) is 39.9 Å². The lowest BCUT2D eigenvalue weighted by Crippen LogP contribution is -2.09. The highest BCUT2D eigenvalue weighted by molar-refractivity contribution is 6.25. The maximum absolute atomic E-state index is 6.61. The van der Waals surface area contributed by atoms with E-state index in [1.807, 2.05) is 6.20 Å². The Hall–Kier alpha value is -3.53. The third-order valence-corrected chi connectivity index (χ3v) is 6.52. The van der Waals surface area contributed by atoms with Gasteiger partial charge in [0.25, 0.3) is 0 Å². The van der Waals surface area contributed by atoms with Crippen molar-refractivity contribution in [2.24, 2.45) is 5.41 Å². The molecule has 31 heavy (non-hydrogen) atoms. The van der Waals surface area contributed by atoms with E-state index in [0.29, 0.717) is 0 Å². The van der Waals surface area contributed by atoms with E-state index in [2.05, 4.69) is 85.0 Å². The molecule has 152 valence electrons. The predicted molar refractivity (Wildman–Crippen MR) is 128 cm³/mol. The summed E-state index contributed by atoms with van der Waals surface area (Å²) in [5, 5.41) is 4.95. The van der Waals surface area contributed by atoms with Crippen LogP contribution in [0.3, 0.4) is 0 Å². The van der Waals surface area contributed by atoms with Gasteiger partial charge in [-0.25, -0.2) is 4.98 Å². The lowest BCUT2D eigenvalue weighted by molar-refractivity contribution is 0.372. The van der Waals surface area contributed by atoms with Gasteiger partial charge in [-0.1, -0.05) is 57.2 Å². The minimum atomic E-state index is 0.109. The highest BCUT2D eigenvalue weighted by atomic mass is 16.3. The van der Waals surface area contributed by atoms with E-state index >= 15 is 0 Å². The van der Waals surface area contributed by atoms with E-state index in [1.165, 1.54) is 32.8 Å². The van der Waals surface area contributed by atoms with Crippen LogP contribution in [0.2, 0.25) is 0 Å². The number of hydrogen-bond acceptors (Lipinski definition) is 2. The van der Waals surface area contributed by atoms with E-state index in [1.54, 1.807) is 0 Å². The lowest BCUT2D eigenvalue weighted by atomic mass is 9.90. The van der Waals surface area contributed by atoms with Gasteiger partial charge in [-0.2, -0.15) is 0 Å². The number of pyridine rings is 1. The summed E-state index contributed by atoms with van der Waals surface area (Å²) in [6.45, 7) is 8.89. The maximum Gasteiger partial charge on any atom is 0.152 e. The van der Waals surface area contributed by atoms with Gasteiger partial charge in [0.2, 0.25) is 0 Å². The minimum absolute atomic E-state index is 0.109. The maximum atomic E-state index is 6.61. The molecule has 0 saturated carbocycles. The first kappa shape index (κ1) is 17.2. The van der Waals surface area contributed by atoms with Crippen molar-refractivity contribution < 1.29 is 4.42 Å². The summed E-state index contributed by atoms with van der Waals surface area (Å²) in [7, 11) is 0. The summed E-state index contributed by atoms with van der Waals surface area (Å²) in [5.41, 5.74) is 7.87. The second-order valence-electron chi connectivity index (χ2n) is 9.98. The average Bonchev–Trinajstić information content (AvgIpc) is 3.37. The molecule has 0 radical (unpaired) electrons. The van der Waals surface area contributed by atoms with Crippen LogP contribution in [-0.4, -0.2) is 13.8 Å². The normalized spacial score (nSPS) is 13.3. The number of aryl methyl sites for hydroxylation is 1. The molecule has 0 aliphatic heterocycles. The number of nitrogens with zero attached hydrogens (tertiary/aromatic N) is 3. The number of furan rings is 1. The second kappa shape index (κ2) is 5.38. The van der Waals surface area contributed by atoms with Crippen molar-refractivity contribution in [2.45, 2.75) is 34.1 Å². The van der Waals surface area contributed by atoms with Crippen LogP contribution in [0.5, 0.6) is 0 Å². The van der Waals surface area contributed by atoms with Gasteiger partial charge in [0.15, 0.2) is 5.65 Å². The van der Waals surface area contributed by atoms with Gasteiger partial charge in [0, 0.05) is 34.3 Å². The molecule has 0 saturated heterocycles. The first-order valence-electron chi connectivity index (χ1n) is 10.9. The smallest absolute Gasteiger partial charge is 0.152 e. The summed E-state index contributed by atoms with van der Waals surface area (Å²) in [6, 6.07) is 17.4. The average molecular weight is 406 g/mol. The minimum Gasteiger partial charge on any atom is -0.458 e. The largest absolute Gasteiger partial charge is 0.458 e. The number of hydrogen-bond donors (Lipinski definition) is 0. The van der Waals surface area contributed by atoms with Crippen LogP contribution >= 0.6 is 0 Å². The molecule has 5 aromatic heterocycles. The SMILES string of the molecule is Cc1cnc2c3c1oc(CC(C)(C)C)c3n1c3ccccc3c3c4ccccc4n2c31. The molecule has 0 fully saturated rings. The van der Waals surface area contributed by atoms with E-state index in [4.69, 9.17) is 9.40 Å². The zero-order valence-corrected chi connectivity index (χ0v) is 18.2. The molecule has 0 spiro atoms. The lowest BCUT2D eigenvalue weighted by Gasteiger charge is -2.16. The molecule has 7 aromatic rings. The van der Waals surface area contributed by atoms with E-state index in [-0.39, 0.29) is 5.41 Å². The van der Waals surface area contributed by atoms with Crippen LogP contribution < -0.4 is 0 Å². The Kier molecular flexibility index (Phi) is 2.98. The summed E-state index contributed by atoms with van der Waals surface area (Å²) in [6.07, 6.45) is 2.81. The van der Waals surface area contributed by atoms with Gasteiger partial charge in [0.1, 0.15) is 22.5 Å². The van der Waals surface area contributed by atoms with Crippen molar-refractivity contribution in [3.05, 3.63) is 66.1 Å². The molecular formula is C27H23N3O. The molecule has 5 heterocycles. The molecule has 0 aliphatic rings. The third kappa shape index (κ3) is 2.03. The summed E-state index contributed by atoms with van der Waals surface area (Å²) in [4.78, 5) is 4.95. The van der Waals surface area contributed by atoms with Crippen LogP contribution in [0.4, 0.5) is 0 Å². The van der Waals surface area contributed by atoms with E-state index in [9.17, 15) is 0 Å². The van der Waals surface area contributed by atoms with Gasteiger partial charge in [-0.05, 0) is 24.5 Å². The zero-order valence-electron chi connectivity index (χ0n) is 18.2. The van der Waals surface area contributed by atoms with Crippen LogP contribution in [0.25, 0.3) is 55.0 Å². The molecule has 0 aliphatic carbocycles. The quantitative estimate of drug-likeness (QED) is 0.291. The second-order valence-corrected chi connectivity index (χ2v) is 9.98. The van der Waals surface area contributed by atoms with Crippen LogP contribution in [0.15, 0.2) is 59.1 Å². The summed E-state index contributed by atoms with van der Waals surface area (Å²) >= 11 is 0. The highest BCUT2D eigenvalue weighted by Crippen LogP contribution is 2.44. The molecular weight excluding hydrogens is 382 g/mol. The van der Waals surface area contributed by atoms with Gasteiger partial charge in [-0.15, -0.1) is 0 Å². The van der Waals surface area contributed by atoms with Crippen molar-refractivity contribution in [3.8, 4) is 0 Å². The van der Waals surface area contributed by atoms with Gasteiger partial charge >= 0.3 is 0 Å². The fourth-order valence-corrected chi connectivity index (χ4v) is 5.38. The van der Waals surface area contributed by atoms with Crippen molar-refractivity contribution in [2.75, 3.05) is 0 Å². The third-order valence-electron chi connectivity index (χ3n) is 6.52. The summed E-state index contributed by atoms with van der Waals surface area (Å²) < 4.78 is 11.4. The standard InChI is InChI=1S/C27H23N3O/c1-15-14-28-25-22-23(20(31-24(15)22)13-27(2,3)4)29-18-11-7-5-9-16(18)21-17-10-6-8-12-19(17)30(25)26(21)29/h5-12,14H,13H2,1-4H3. The predicted octanol–water partition coefficient (Wildman–Crippen LogP) is 7.13. The Labute approximate surface area is 179 Å². The molecule has 0 N–H and O–H groups in total. The number of fused-ring (bicyclic) bond motifs is 8. The molecule has 0 unspecified atom stereocenters. The van der Waals surface area contributed by atoms with Crippen molar-refractivity contribution in [3.63, 3.8) is 0 Å². The number of para-hydroxylation sites is 2. The van der Waals surface area contributed by atoms with Crippen molar-refractivity contribution >= 4 is 55.0 Å². The first-order valence-corrected chi connectivity index (χ1v) is 10.9. The molecule has 0 bridgehead atoms.